The highest BCUT2D eigenvalue weighted by Crippen LogP contribution is 2.44. The molecule has 1 aliphatic rings. The molecule has 0 spiro atoms. The van der Waals surface area contributed by atoms with Crippen LogP contribution in [0.15, 0.2) is 97.2 Å². The number of aromatic nitrogens is 1. The summed E-state index contributed by atoms with van der Waals surface area (Å²) in [7, 11) is 0. The number of hydrazine groups is 1. The van der Waals surface area contributed by atoms with Crippen molar-refractivity contribution in [3.63, 3.8) is 0 Å². The van der Waals surface area contributed by atoms with Crippen molar-refractivity contribution in [3.8, 4) is 22.4 Å². The van der Waals surface area contributed by atoms with Crippen molar-refractivity contribution in [2.45, 2.75) is 25.3 Å². The number of pyridine rings is 1. The second-order valence-electron chi connectivity index (χ2n) is 8.99. The first-order valence-electron chi connectivity index (χ1n) is 11.4. The molecule has 0 aliphatic heterocycles. The minimum Gasteiger partial charge on any atom is -0.448 e. The van der Waals surface area contributed by atoms with E-state index in [1.54, 1.807) is 6.20 Å². The molecule has 5 nitrogen and oxygen atoms in total. The summed E-state index contributed by atoms with van der Waals surface area (Å²) in [6, 6.07) is 30.6. The van der Waals surface area contributed by atoms with Gasteiger partial charge in [-0.2, -0.15) is 0 Å². The molecule has 5 rings (SSSR count). The van der Waals surface area contributed by atoms with Gasteiger partial charge in [0.25, 0.3) is 0 Å². The van der Waals surface area contributed by atoms with Crippen LogP contribution in [-0.4, -0.2) is 17.7 Å². The Kier molecular flexibility index (Phi) is 5.86. The first kappa shape index (κ1) is 21.9. The van der Waals surface area contributed by atoms with Crippen molar-refractivity contribution < 1.29 is 9.53 Å². The molecule has 4 aromatic rings. The number of carbonyl (C=O) groups excluding carboxylic acids is 1. The number of rotatable bonds is 6. The molecule has 0 bridgehead atoms. The highest BCUT2D eigenvalue weighted by atomic mass is 16.6. The third-order valence-electron chi connectivity index (χ3n) is 6.39. The maximum Gasteiger partial charge on any atom is 0.421 e. The number of hydrogen-bond donors (Lipinski definition) is 2. The summed E-state index contributed by atoms with van der Waals surface area (Å²) in [5.41, 5.74) is 13.1. The third kappa shape index (κ3) is 4.30. The molecule has 0 saturated heterocycles. The smallest absolute Gasteiger partial charge is 0.421 e. The zero-order chi connectivity index (χ0) is 23.5. The number of fused-ring (bicyclic) bond motifs is 3. The van der Waals surface area contributed by atoms with Gasteiger partial charge in [-0.15, -0.1) is 0 Å². The summed E-state index contributed by atoms with van der Waals surface area (Å²) in [5, 5.41) is 0. The Morgan fingerprint density at radius 2 is 1.47 bits per heavy atom. The Balaban J connectivity index is 1.20. The third-order valence-corrected chi connectivity index (χ3v) is 6.39. The molecule has 0 radical (unpaired) electrons. The summed E-state index contributed by atoms with van der Waals surface area (Å²) in [4.78, 5) is 16.9. The lowest BCUT2D eigenvalue weighted by molar-refractivity contribution is 0.132. The van der Waals surface area contributed by atoms with Crippen molar-refractivity contribution in [1.29, 1.82) is 0 Å². The molecule has 5 heteroatoms. The molecule has 2 N–H and O–H groups in total. The van der Waals surface area contributed by atoms with E-state index in [1.165, 1.54) is 22.3 Å². The molecule has 34 heavy (non-hydrogen) atoms. The minimum absolute atomic E-state index is 0.0327. The van der Waals surface area contributed by atoms with Gasteiger partial charge >= 0.3 is 6.09 Å². The van der Waals surface area contributed by atoms with E-state index in [1.807, 2.05) is 80.6 Å². The van der Waals surface area contributed by atoms with E-state index in [-0.39, 0.29) is 12.5 Å². The number of ether oxygens (including phenoxy) is 1. The monoisotopic (exact) mass is 449 g/mol. The average molecular weight is 450 g/mol. The van der Waals surface area contributed by atoms with Crippen LogP contribution in [0.25, 0.3) is 22.4 Å². The quantitative estimate of drug-likeness (QED) is 0.353. The van der Waals surface area contributed by atoms with Crippen molar-refractivity contribution in [3.05, 3.63) is 114 Å². The number of nitrogens with zero attached hydrogens (tertiary/aromatic N) is 1. The molecule has 0 unspecified atom stereocenters. The number of carbonyl (C=O) groups is 1. The molecule has 1 aliphatic carbocycles. The summed E-state index contributed by atoms with van der Waals surface area (Å²) in [6.45, 7) is 4.29. The Bertz CT molecular complexity index is 1260. The highest BCUT2D eigenvalue weighted by molar-refractivity contribution is 5.79. The maximum atomic E-state index is 12.5. The van der Waals surface area contributed by atoms with Crippen molar-refractivity contribution in [2.75, 3.05) is 6.61 Å². The second kappa shape index (κ2) is 9.12. The van der Waals surface area contributed by atoms with Crippen molar-refractivity contribution >= 4 is 6.09 Å². The Morgan fingerprint density at radius 1 is 0.853 bits per heavy atom. The van der Waals surface area contributed by atoms with Crippen LogP contribution >= 0.6 is 0 Å². The SMILES string of the molecule is CC(C)(NNC(=O)OCC1c2ccccc2-c2ccccc21)c1ccc(-c2ccccn2)cc1. The molecule has 1 amide bonds. The Morgan fingerprint density at radius 3 is 2.09 bits per heavy atom. The van der Waals surface area contributed by atoms with E-state index < -0.39 is 11.6 Å². The van der Waals surface area contributed by atoms with Crippen LogP contribution in [0.2, 0.25) is 0 Å². The summed E-state index contributed by atoms with van der Waals surface area (Å²) in [5.74, 6) is 0.0327. The van der Waals surface area contributed by atoms with Crippen LogP contribution in [0.1, 0.15) is 36.5 Å². The van der Waals surface area contributed by atoms with Gasteiger partial charge in [0, 0.05) is 17.7 Å². The molecule has 3 aromatic carbocycles. The van der Waals surface area contributed by atoms with E-state index in [9.17, 15) is 4.79 Å². The summed E-state index contributed by atoms with van der Waals surface area (Å²) >= 11 is 0. The Hall–Kier alpha value is -3.96. The van der Waals surface area contributed by atoms with E-state index in [0.717, 1.165) is 16.8 Å². The standard InChI is InChI=1S/C29H27N3O2/c1-29(2,21-16-14-20(15-17-21)27-13-7-8-18-30-27)32-31-28(33)34-19-26-24-11-5-3-9-22(24)23-10-4-6-12-25(23)26/h3-18,26,32H,19H2,1-2H3,(H,31,33). The normalized spacial score (nSPS) is 12.6. The topological polar surface area (TPSA) is 63.2 Å². The van der Waals surface area contributed by atoms with Crippen LogP contribution in [-0.2, 0) is 10.3 Å². The van der Waals surface area contributed by atoms with Gasteiger partial charge in [0.1, 0.15) is 6.61 Å². The summed E-state index contributed by atoms with van der Waals surface area (Å²) < 4.78 is 5.63. The van der Waals surface area contributed by atoms with Gasteiger partial charge in [-0.3, -0.25) is 10.4 Å². The maximum absolute atomic E-state index is 12.5. The van der Waals surface area contributed by atoms with E-state index >= 15 is 0 Å². The molecule has 1 aromatic heterocycles. The van der Waals surface area contributed by atoms with Gasteiger partial charge in [0.2, 0.25) is 0 Å². The average Bonchev–Trinajstić information content (AvgIpc) is 3.20. The van der Waals surface area contributed by atoms with Gasteiger partial charge in [-0.05, 0) is 53.8 Å². The predicted octanol–water partition coefficient (Wildman–Crippen LogP) is 6.03. The van der Waals surface area contributed by atoms with E-state index in [2.05, 4.69) is 40.1 Å². The molecule has 1 heterocycles. The van der Waals surface area contributed by atoms with Gasteiger partial charge in [-0.1, -0.05) is 78.9 Å². The molecule has 170 valence electrons. The molecular weight excluding hydrogens is 422 g/mol. The predicted molar refractivity (Wildman–Crippen MR) is 134 cm³/mol. The fourth-order valence-electron chi connectivity index (χ4n) is 4.51. The van der Waals surface area contributed by atoms with Gasteiger partial charge in [-0.25, -0.2) is 10.2 Å². The number of benzene rings is 3. The number of hydrogen-bond acceptors (Lipinski definition) is 4. The van der Waals surface area contributed by atoms with Crippen LogP contribution in [0.4, 0.5) is 4.79 Å². The molecule has 0 fully saturated rings. The summed E-state index contributed by atoms with van der Waals surface area (Å²) in [6.07, 6.45) is 1.28. The first-order valence-corrected chi connectivity index (χ1v) is 11.4. The van der Waals surface area contributed by atoms with Gasteiger partial charge in [0.05, 0.1) is 11.2 Å². The van der Waals surface area contributed by atoms with Crippen molar-refractivity contribution in [1.82, 2.24) is 15.8 Å². The van der Waals surface area contributed by atoms with E-state index in [4.69, 9.17) is 4.74 Å². The van der Waals surface area contributed by atoms with Crippen LogP contribution in [0, 0.1) is 0 Å². The molecule has 0 atom stereocenters. The lowest BCUT2D eigenvalue weighted by atomic mass is 9.94. The zero-order valence-electron chi connectivity index (χ0n) is 19.3. The molecular formula is C29H27N3O2. The lowest BCUT2D eigenvalue weighted by Gasteiger charge is -2.27. The highest BCUT2D eigenvalue weighted by Gasteiger charge is 2.29. The first-order chi connectivity index (χ1) is 16.5. The van der Waals surface area contributed by atoms with Crippen LogP contribution in [0.5, 0.6) is 0 Å². The van der Waals surface area contributed by atoms with Gasteiger partial charge < -0.3 is 4.74 Å². The lowest BCUT2D eigenvalue weighted by Crippen LogP contribution is -2.49. The fourth-order valence-corrected chi connectivity index (χ4v) is 4.51. The Labute approximate surface area is 199 Å². The van der Waals surface area contributed by atoms with E-state index in [0.29, 0.717) is 0 Å². The minimum atomic E-state index is -0.500. The molecule has 0 saturated carbocycles. The second-order valence-corrected chi connectivity index (χ2v) is 8.99. The zero-order valence-corrected chi connectivity index (χ0v) is 19.3. The largest absolute Gasteiger partial charge is 0.448 e. The van der Waals surface area contributed by atoms with Gasteiger partial charge in [0.15, 0.2) is 0 Å². The number of nitrogens with one attached hydrogen (secondary N) is 2. The number of amides is 1. The van der Waals surface area contributed by atoms with Crippen molar-refractivity contribution in [2.24, 2.45) is 0 Å². The fraction of sp³-hybridized carbons (Fsp3) is 0.172. The van der Waals surface area contributed by atoms with Crippen LogP contribution < -0.4 is 10.9 Å². The van der Waals surface area contributed by atoms with Crippen LogP contribution in [0.3, 0.4) is 0 Å².